The van der Waals surface area contributed by atoms with Crippen molar-refractivity contribution in [3.05, 3.63) is 53.4 Å². The Morgan fingerprint density at radius 2 is 1.88 bits per heavy atom. The third-order valence-electron chi connectivity index (χ3n) is 3.15. The summed E-state index contributed by atoms with van der Waals surface area (Å²) in [6.45, 7) is 2.84. The summed E-state index contributed by atoms with van der Waals surface area (Å²) in [6.07, 6.45) is 5.03. The first-order chi connectivity index (χ1) is 11.7. The van der Waals surface area contributed by atoms with Crippen molar-refractivity contribution in [3.8, 4) is 10.7 Å². The van der Waals surface area contributed by atoms with Crippen LogP contribution in [0, 0.1) is 6.92 Å². The maximum Gasteiger partial charge on any atom is 0.263 e. The van der Waals surface area contributed by atoms with Crippen LogP contribution < -0.4 is 10.6 Å². The first-order valence-electron chi connectivity index (χ1n) is 7.42. The van der Waals surface area contributed by atoms with Crippen molar-refractivity contribution >= 4 is 23.2 Å². The molecule has 0 spiro atoms. The standard InChI is InChI=1S/C16H16N6OS/c1-11-13(24-15(22-11)12-5-2-3-6-17-12)14(23)18-9-10-21-16-19-7-4-8-20-16/h2-8H,9-10H2,1H3,(H,18,23)(H,19,20,21). The lowest BCUT2D eigenvalue weighted by atomic mass is 10.3. The highest BCUT2D eigenvalue weighted by Gasteiger charge is 2.16. The molecule has 0 aliphatic carbocycles. The second kappa shape index (κ2) is 7.60. The molecule has 0 bridgehead atoms. The third kappa shape index (κ3) is 3.90. The molecule has 8 heteroatoms. The minimum Gasteiger partial charge on any atom is -0.352 e. The molecule has 0 unspecified atom stereocenters. The molecule has 0 aliphatic rings. The monoisotopic (exact) mass is 340 g/mol. The van der Waals surface area contributed by atoms with Gasteiger partial charge in [0.1, 0.15) is 9.88 Å². The number of aromatic nitrogens is 4. The molecule has 3 aromatic rings. The van der Waals surface area contributed by atoms with Gasteiger partial charge in [0.05, 0.1) is 11.4 Å². The second-order valence-corrected chi connectivity index (χ2v) is 5.90. The molecular weight excluding hydrogens is 324 g/mol. The van der Waals surface area contributed by atoms with E-state index >= 15 is 0 Å². The summed E-state index contributed by atoms with van der Waals surface area (Å²) in [6, 6.07) is 7.37. The van der Waals surface area contributed by atoms with Crippen molar-refractivity contribution < 1.29 is 4.79 Å². The van der Waals surface area contributed by atoms with Gasteiger partial charge in [0.15, 0.2) is 0 Å². The number of hydrogen-bond acceptors (Lipinski definition) is 7. The zero-order valence-corrected chi connectivity index (χ0v) is 13.9. The van der Waals surface area contributed by atoms with Crippen molar-refractivity contribution in [1.29, 1.82) is 0 Å². The highest BCUT2D eigenvalue weighted by Crippen LogP contribution is 2.26. The Bertz CT molecular complexity index is 806. The van der Waals surface area contributed by atoms with Crippen molar-refractivity contribution in [2.75, 3.05) is 18.4 Å². The van der Waals surface area contributed by atoms with Crippen LogP contribution in [0.1, 0.15) is 15.4 Å². The van der Waals surface area contributed by atoms with Crippen LogP contribution in [-0.2, 0) is 0 Å². The Morgan fingerprint density at radius 3 is 2.62 bits per heavy atom. The summed E-state index contributed by atoms with van der Waals surface area (Å²) >= 11 is 1.34. The molecule has 0 aromatic carbocycles. The van der Waals surface area contributed by atoms with E-state index in [9.17, 15) is 4.79 Å². The molecule has 0 atom stereocenters. The van der Waals surface area contributed by atoms with Crippen molar-refractivity contribution in [2.45, 2.75) is 6.92 Å². The number of aryl methyl sites for hydroxylation is 1. The Balaban J connectivity index is 1.56. The van der Waals surface area contributed by atoms with E-state index in [0.717, 1.165) is 10.7 Å². The number of amides is 1. The minimum absolute atomic E-state index is 0.136. The first-order valence-corrected chi connectivity index (χ1v) is 8.23. The van der Waals surface area contributed by atoms with E-state index in [1.165, 1.54) is 11.3 Å². The predicted molar refractivity (Wildman–Crippen MR) is 92.9 cm³/mol. The maximum absolute atomic E-state index is 12.3. The van der Waals surface area contributed by atoms with Gasteiger partial charge in [0.2, 0.25) is 5.95 Å². The molecule has 122 valence electrons. The van der Waals surface area contributed by atoms with E-state index in [1.54, 1.807) is 24.7 Å². The van der Waals surface area contributed by atoms with Crippen LogP contribution in [0.2, 0.25) is 0 Å². The van der Waals surface area contributed by atoms with Gasteiger partial charge in [0, 0.05) is 31.7 Å². The van der Waals surface area contributed by atoms with Crippen molar-refractivity contribution in [3.63, 3.8) is 0 Å². The molecule has 1 amide bonds. The lowest BCUT2D eigenvalue weighted by Crippen LogP contribution is -2.28. The highest BCUT2D eigenvalue weighted by molar-refractivity contribution is 7.17. The Morgan fingerprint density at radius 1 is 1.08 bits per heavy atom. The van der Waals surface area contributed by atoms with Gasteiger partial charge in [-0.2, -0.15) is 0 Å². The van der Waals surface area contributed by atoms with Gasteiger partial charge in [-0.25, -0.2) is 15.0 Å². The number of nitrogens with one attached hydrogen (secondary N) is 2. The number of carbonyl (C=O) groups excluding carboxylic acids is 1. The van der Waals surface area contributed by atoms with Crippen LogP contribution in [0.4, 0.5) is 5.95 Å². The SMILES string of the molecule is Cc1nc(-c2ccccn2)sc1C(=O)NCCNc1ncccn1. The number of rotatable bonds is 6. The number of carbonyl (C=O) groups is 1. The van der Waals surface area contributed by atoms with Crippen molar-refractivity contribution in [1.82, 2.24) is 25.3 Å². The van der Waals surface area contributed by atoms with Crippen LogP contribution in [0.15, 0.2) is 42.9 Å². The number of pyridine rings is 1. The molecule has 0 saturated carbocycles. The molecule has 3 rings (SSSR count). The van der Waals surface area contributed by atoms with E-state index in [1.807, 2.05) is 25.1 Å². The summed E-state index contributed by atoms with van der Waals surface area (Å²) in [5, 5.41) is 6.65. The zero-order chi connectivity index (χ0) is 16.8. The van der Waals surface area contributed by atoms with E-state index in [-0.39, 0.29) is 5.91 Å². The second-order valence-electron chi connectivity index (χ2n) is 4.90. The minimum atomic E-state index is -0.136. The van der Waals surface area contributed by atoms with E-state index < -0.39 is 0 Å². The van der Waals surface area contributed by atoms with E-state index in [2.05, 4.69) is 30.6 Å². The van der Waals surface area contributed by atoms with Crippen LogP contribution in [0.3, 0.4) is 0 Å². The van der Waals surface area contributed by atoms with Gasteiger partial charge in [-0.3, -0.25) is 9.78 Å². The molecule has 3 heterocycles. The summed E-state index contributed by atoms with van der Waals surface area (Å²) in [7, 11) is 0. The van der Waals surface area contributed by atoms with Crippen LogP contribution in [-0.4, -0.2) is 38.9 Å². The predicted octanol–water partition coefficient (Wildman–Crippen LogP) is 2.15. The Hall–Kier alpha value is -2.87. The summed E-state index contributed by atoms with van der Waals surface area (Å²) in [4.78, 5) is 29.7. The molecule has 0 radical (unpaired) electrons. The van der Waals surface area contributed by atoms with Gasteiger partial charge in [-0.1, -0.05) is 6.07 Å². The average Bonchev–Trinajstić information content (AvgIpc) is 3.02. The van der Waals surface area contributed by atoms with Gasteiger partial charge >= 0.3 is 0 Å². The normalized spacial score (nSPS) is 10.4. The summed E-state index contributed by atoms with van der Waals surface area (Å²) in [5.74, 6) is 0.404. The molecule has 3 aromatic heterocycles. The average molecular weight is 340 g/mol. The zero-order valence-electron chi connectivity index (χ0n) is 13.1. The first kappa shape index (κ1) is 16.0. The van der Waals surface area contributed by atoms with Crippen LogP contribution in [0.25, 0.3) is 10.7 Å². The number of hydrogen-bond donors (Lipinski definition) is 2. The fourth-order valence-corrected chi connectivity index (χ4v) is 2.99. The van der Waals surface area contributed by atoms with Gasteiger partial charge in [-0.15, -0.1) is 11.3 Å². The molecule has 24 heavy (non-hydrogen) atoms. The van der Waals surface area contributed by atoms with Gasteiger partial charge < -0.3 is 10.6 Å². The fourth-order valence-electron chi connectivity index (χ4n) is 2.03. The Labute approximate surface area is 143 Å². The van der Waals surface area contributed by atoms with E-state index in [0.29, 0.717) is 29.6 Å². The quantitative estimate of drug-likeness (QED) is 0.668. The summed E-state index contributed by atoms with van der Waals surface area (Å²) in [5.41, 5.74) is 1.48. The third-order valence-corrected chi connectivity index (χ3v) is 4.32. The number of anilines is 1. The van der Waals surface area contributed by atoms with Crippen LogP contribution in [0.5, 0.6) is 0 Å². The van der Waals surface area contributed by atoms with Crippen LogP contribution >= 0.6 is 11.3 Å². The smallest absolute Gasteiger partial charge is 0.263 e. The topological polar surface area (TPSA) is 92.7 Å². The fraction of sp³-hybridized carbons (Fsp3) is 0.188. The lowest BCUT2D eigenvalue weighted by molar-refractivity contribution is 0.0958. The molecule has 0 fully saturated rings. The largest absolute Gasteiger partial charge is 0.352 e. The lowest BCUT2D eigenvalue weighted by Gasteiger charge is -2.05. The molecule has 7 nitrogen and oxygen atoms in total. The van der Waals surface area contributed by atoms with E-state index in [4.69, 9.17) is 0 Å². The molecular formula is C16H16N6OS. The number of nitrogens with zero attached hydrogens (tertiary/aromatic N) is 4. The summed E-state index contributed by atoms with van der Waals surface area (Å²) < 4.78 is 0. The van der Waals surface area contributed by atoms with Gasteiger partial charge in [0.25, 0.3) is 5.91 Å². The highest BCUT2D eigenvalue weighted by atomic mass is 32.1. The molecule has 0 aliphatic heterocycles. The van der Waals surface area contributed by atoms with Gasteiger partial charge in [-0.05, 0) is 25.1 Å². The number of thiazole rings is 1. The van der Waals surface area contributed by atoms with Crippen molar-refractivity contribution in [2.24, 2.45) is 0 Å². The maximum atomic E-state index is 12.3. The molecule has 2 N–H and O–H groups in total. The Kier molecular flexibility index (Phi) is 5.07. The molecule has 0 saturated heterocycles.